The van der Waals surface area contributed by atoms with E-state index >= 15 is 0 Å². The van der Waals surface area contributed by atoms with E-state index in [-0.39, 0.29) is 18.9 Å². The van der Waals surface area contributed by atoms with Crippen LogP contribution in [-0.2, 0) is 17.9 Å². The van der Waals surface area contributed by atoms with Crippen molar-refractivity contribution in [3.63, 3.8) is 0 Å². The van der Waals surface area contributed by atoms with Crippen molar-refractivity contribution in [3.8, 4) is 5.69 Å². The van der Waals surface area contributed by atoms with Gasteiger partial charge in [-0.15, -0.1) is 0 Å². The summed E-state index contributed by atoms with van der Waals surface area (Å²) in [5.41, 5.74) is 0.698. The van der Waals surface area contributed by atoms with Crippen LogP contribution in [-0.4, -0.2) is 15.0 Å². The van der Waals surface area contributed by atoms with Gasteiger partial charge >= 0.3 is 11.1 Å². The Bertz CT molecular complexity index is 1080. The molecule has 3 rings (SSSR count). The molecule has 0 saturated heterocycles. The zero-order valence-electron chi connectivity index (χ0n) is 14.7. The summed E-state index contributed by atoms with van der Waals surface area (Å²) in [4.78, 5) is 36.8. The van der Waals surface area contributed by atoms with Crippen LogP contribution >= 0.6 is 0 Å². The topological polar surface area (TPSA) is 73.1 Å². The van der Waals surface area contributed by atoms with Gasteiger partial charge in [0.15, 0.2) is 0 Å². The first-order chi connectivity index (χ1) is 13.0. The average Bonchev–Trinajstić information content (AvgIpc) is 2.66. The zero-order valence-corrected chi connectivity index (χ0v) is 14.7. The molecular formula is C20H18FN3O3. The van der Waals surface area contributed by atoms with Crippen LogP contribution < -0.4 is 16.4 Å². The summed E-state index contributed by atoms with van der Waals surface area (Å²) in [5.74, 6) is -0.777. The van der Waals surface area contributed by atoms with Gasteiger partial charge in [-0.1, -0.05) is 30.3 Å². The van der Waals surface area contributed by atoms with E-state index in [9.17, 15) is 18.8 Å². The number of benzene rings is 2. The van der Waals surface area contributed by atoms with Gasteiger partial charge in [-0.05, 0) is 36.2 Å². The van der Waals surface area contributed by atoms with Crippen molar-refractivity contribution in [2.75, 3.05) is 0 Å². The van der Waals surface area contributed by atoms with Gasteiger partial charge in [-0.3, -0.25) is 23.5 Å². The molecule has 27 heavy (non-hydrogen) atoms. The van der Waals surface area contributed by atoms with Crippen LogP contribution in [0.25, 0.3) is 5.69 Å². The van der Waals surface area contributed by atoms with Gasteiger partial charge < -0.3 is 5.32 Å². The lowest BCUT2D eigenvalue weighted by Gasteiger charge is -2.11. The summed E-state index contributed by atoms with van der Waals surface area (Å²) in [7, 11) is 0. The normalized spacial score (nSPS) is 10.6. The minimum absolute atomic E-state index is 0.203. The summed E-state index contributed by atoms with van der Waals surface area (Å²) in [6.45, 7) is 1.77. The van der Waals surface area contributed by atoms with Gasteiger partial charge in [0.25, 0.3) is 0 Å². The molecule has 0 spiro atoms. The molecule has 0 fully saturated rings. The van der Waals surface area contributed by atoms with Crippen molar-refractivity contribution in [1.82, 2.24) is 14.5 Å². The van der Waals surface area contributed by atoms with Crippen LogP contribution in [0.3, 0.4) is 0 Å². The highest BCUT2D eigenvalue weighted by Crippen LogP contribution is 2.10. The second-order valence-corrected chi connectivity index (χ2v) is 6.10. The van der Waals surface area contributed by atoms with Crippen LogP contribution in [0.4, 0.5) is 4.39 Å². The van der Waals surface area contributed by atoms with Crippen LogP contribution in [0.15, 0.2) is 70.5 Å². The molecule has 138 valence electrons. The molecule has 0 unspecified atom stereocenters. The molecule has 0 atom stereocenters. The standard InChI is InChI=1S/C20H18FN3O3/c1-14-4-2-3-5-17(14)24-11-10-23(19(26)20(24)27)13-18(25)22-12-15-6-8-16(21)9-7-15/h2-11H,12-13H2,1H3,(H,22,25). The van der Waals surface area contributed by atoms with Gasteiger partial charge in [-0.2, -0.15) is 0 Å². The number of nitrogens with one attached hydrogen (secondary N) is 1. The lowest BCUT2D eigenvalue weighted by molar-refractivity contribution is -0.121. The summed E-state index contributed by atoms with van der Waals surface area (Å²) >= 11 is 0. The fourth-order valence-electron chi connectivity index (χ4n) is 2.67. The maximum Gasteiger partial charge on any atom is 0.320 e. The van der Waals surface area contributed by atoms with E-state index in [1.54, 1.807) is 24.3 Å². The summed E-state index contributed by atoms with van der Waals surface area (Å²) in [5, 5.41) is 2.64. The highest BCUT2D eigenvalue weighted by Gasteiger charge is 2.11. The Balaban J connectivity index is 1.74. The Morgan fingerprint density at radius 2 is 1.70 bits per heavy atom. The molecule has 0 saturated carbocycles. The smallest absolute Gasteiger partial charge is 0.320 e. The van der Waals surface area contributed by atoms with Crippen molar-refractivity contribution < 1.29 is 9.18 Å². The minimum Gasteiger partial charge on any atom is -0.350 e. The predicted molar refractivity (Wildman–Crippen MR) is 99.3 cm³/mol. The number of hydrogen-bond donors (Lipinski definition) is 1. The number of carbonyl (C=O) groups excluding carboxylic acids is 1. The highest BCUT2D eigenvalue weighted by molar-refractivity contribution is 5.75. The third kappa shape index (κ3) is 4.20. The van der Waals surface area contributed by atoms with Crippen molar-refractivity contribution in [3.05, 3.63) is 98.6 Å². The van der Waals surface area contributed by atoms with Crippen LogP contribution in [0, 0.1) is 12.7 Å². The van der Waals surface area contributed by atoms with Crippen molar-refractivity contribution in [2.24, 2.45) is 0 Å². The van der Waals surface area contributed by atoms with E-state index in [1.807, 2.05) is 19.1 Å². The maximum absolute atomic E-state index is 12.9. The molecule has 1 heterocycles. The number of aromatic nitrogens is 2. The van der Waals surface area contributed by atoms with E-state index < -0.39 is 17.0 Å². The molecule has 0 aliphatic rings. The van der Waals surface area contributed by atoms with E-state index in [1.165, 1.54) is 29.1 Å². The van der Waals surface area contributed by atoms with Crippen molar-refractivity contribution in [2.45, 2.75) is 20.0 Å². The molecule has 1 amide bonds. The molecule has 1 aromatic heterocycles. The Kier molecular flexibility index (Phi) is 5.30. The third-order valence-electron chi connectivity index (χ3n) is 4.15. The van der Waals surface area contributed by atoms with Crippen molar-refractivity contribution in [1.29, 1.82) is 0 Å². The molecule has 0 aliphatic heterocycles. The first-order valence-electron chi connectivity index (χ1n) is 8.35. The predicted octanol–water partition coefficient (Wildman–Crippen LogP) is 1.76. The lowest BCUT2D eigenvalue weighted by Crippen LogP contribution is -2.42. The lowest BCUT2D eigenvalue weighted by atomic mass is 10.2. The number of rotatable bonds is 5. The first kappa shape index (κ1) is 18.3. The van der Waals surface area contributed by atoms with Crippen LogP contribution in [0.1, 0.15) is 11.1 Å². The summed E-state index contributed by atoms with van der Waals surface area (Å²) in [6, 6.07) is 12.9. The molecule has 6 nitrogen and oxygen atoms in total. The van der Waals surface area contributed by atoms with E-state index in [4.69, 9.17) is 0 Å². The maximum atomic E-state index is 12.9. The molecule has 7 heteroatoms. The second-order valence-electron chi connectivity index (χ2n) is 6.10. The van der Waals surface area contributed by atoms with E-state index in [0.29, 0.717) is 5.69 Å². The van der Waals surface area contributed by atoms with Gasteiger partial charge in [0, 0.05) is 18.9 Å². The monoisotopic (exact) mass is 367 g/mol. The second kappa shape index (κ2) is 7.82. The first-order valence-corrected chi connectivity index (χ1v) is 8.35. The number of para-hydroxylation sites is 1. The minimum atomic E-state index is -0.780. The average molecular weight is 367 g/mol. The number of hydrogen-bond acceptors (Lipinski definition) is 3. The Morgan fingerprint density at radius 3 is 2.41 bits per heavy atom. The fraction of sp³-hybridized carbons (Fsp3) is 0.150. The number of carbonyl (C=O) groups is 1. The SMILES string of the molecule is Cc1ccccc1-n1ccn(CC(=O)NCc2ccc(F)cc2)c(=O)c1=O. The van der Waals surface area contributed by atoms with Crippen molar-refractivity contribution >= 4 is 5.91 Å². The molecular weight excluding hydrogens is 349 g/mol. The molecule has 2 aromatic carbocycles. The Labute approximate surface area is 154 Å². The van der Waals surface area contributed by atoms with Gasteiger partial charge in [-0.25, -0.2) is 4.39 Å². The van der Waals surface area contributed by atoms with Crippen LogP contribution in [0.5, 0.6) is 0 Å². The zero-order chi connectivity index (χ0) is 19.4. The largest absolute Gasteiger partial charge is 0.350 e. The Hall–Kier alpha value is -3.48. The number of aryl methyl sites for hydroxylation is 1. The molecule has 0 aliphatic carbocycles. The number of nitrogens with zero attached hydrogens (tertiary/aromatic N) is 2. The molecule has 0 bridgehead atoms. The van der Waals surface area contributed by atoms with Gasteiger partial charge in [0.2, 0.25) is 5.91 Å². The molecule has 0 radical (unpaired) electrons. The quantitative estimate of drug-likeness (QED) is 0.699. The fourth-order valence-corrected chi connectivity index (χ4v) is 2.67. The molecule has 1 N–H and O–H groups in total. The van der Waals surface area contributed by atoms with Crippen LogP contribution in [0.2, 0.25) is 0 Å². The third-order valence-corrected chi connectivity index (χ3v) is 4.15. The number of amides is 1. The van der Waals surface area contributed by atoms with E-state index in [2.05, 4.69) is 5.32 Å². The van der Waals surface area contributed by atoms with Gasteiger partial charge in [0.05, 0.1) is 5.69 Å². The summed E-state index contributed by atoms with van der Waals surface area (Å²) < 4.78 is 15.2. The Morgan fingerprint density at radius 1 is 1.00 bits per heavy atom. The summed E-state index contributed by atoms with van der Waals surface area (Å²) in [6.07, 6.45) is 2.88. The number of halogens is 1. The molecule has 3 aromatic rings. The highest BCUT2D eigenvalue weighted by atomic mass is 19.1. The van der Waals surface area contributed by atoms with Gasteiger partial charge in [0.1, 0.15) is 12.4 Å². The van der Waals surface area contributed by atoms with E-state index in [0.717, 1.165) is 15.7 Å².